The average Bonchev–Trinajstić information content (AvgIpc) is 2.55. The molecule has 23 heavy (non-hydrogen) atoms. The number of para-hydroxylation sites is 1. The van der Waals surface area contributed by atoms with Crippen molar-refractivity contribution in [1.82, 2.24) is 5.32 Å². The van der Waals surface area contributed by atoms with E-state index in [9.17, 15) is 9.59 Å². The van der Waals surface area contributed by atoms with Gasteiger partial charge in [-0.25, -0.2) is 4.79 Å². The minimum atomic E-state index is -0.638. The third kappa shape index (κ3) is 3.08. The molecule has 0 saturated carbocycles. The minimum Gasteiger partial charge on any atom is -0.466 e. The molecule has 1 amide bonds. The Morgan fingerprint density at radius 3 is 2.78 bits per heavy atom. The molecule has 0 fully saturated rings. The van der Waals surface area contributed by atoms with Crippen molar-refractivity contribution in [2.75, 3.05) is 0 Å². The lowest BCUT2D eigenvalue weighted by atomic mass is 10.1. The third-order valence-electron chi connectivity index (χ3n) is 3.36. The van der Waals surface area contributed by atoms with Gasteiger partial charge in [0.25, 0.3) is 5.91 Å². The summed E-state index contributed by atoms with van der Waals surface area (Å²) in [6.45, 7) is 5.12. The summed E-state index contributed by atoms with van der Waals surface area (Å²) in [4.78, 5) is 23.7. The highest BCUT2D eigenvalue weighted by Crippen LogP contribution is 2.30. The molecule has 3 rings (SSSR count). The molecule has 0 bridgehead atoms. The van der Waals surface area contributed by atoms with E-state index in [4.69, 9.17) is 9.47 Å². The van der Waals surface area contributed by atoms with Crippen LogP contribution in [-0.4, -0.2) is 11.9 Å². The molecule has 1 N–H and O–H groups in total. The summed E-state index contributed by atoms with van der Waals surface area (Å²) in [7, 11) is 0. The number of carbonyl (C=O) groups excluding carboxylic acids is 2. The average molecular weight is 309 g/mol. The van der Waals surface area contributed by atoms with E-state index in [1.807, 2.05) is 0 Å². The first-order valence-electron chi connectivity index (χ1n) is 7.09. The van der Waals surface area contributed by atoms with Crippen molar-refractivity contribution in [3.8, 4) is 11.5 Å². The van der Waals surface area contributed by atoms with Gasteiger partial charge in [-0.15, -0.1) is 0 Å². The van der Waals surface area contributed by atoms with Gasteiger partial charge in [-0.2, -0.15) is 0 Å². The first-order valence-corrected chi connectivity index (χ1v) is 7.09. The summed E-state index contributed by atoms with van der Waals surface area (Å²) in [5.41, 5.74) is 1.49. The molecule has 1 aliphatic rings. The molecule has 116 valence electrons. The molecule has 1 aliphatic heterocycles. The van der Waals surface area contributed by atoms with Crippen LogP contribution in [0.3, 0.4) is 0 Å². The van der Waals surface area contributed by atoms with E-state index >= 15 is 0 Å². The number of esters is 1. The Balaban J connectivity index is 1.84. The summed E-state index contributed by atoms with van der Waals surface area (Å²) >= 11 is 0. The normalized spacial score (nSPS) is 15.9. The number of fused-ring (bicyclic) bond motifs is 1. The van der Waals surface area contributed by atoms with Crippen LogP contribution in [0.25, 0.3) is 0 Å². The maximum atomic E-state index is 12.1. The Hall–Kier alpha value is -3.08. The van der Waals surface area contributed by atoms with E-state index < -0.39 is 12.2 Å². The zero-order chi connectivity index (χ0) is 16.4. The molecule has 5 nitrogen and oxygen atoms in total. The predicted molar refractivity (Wildman–Crippen MR) is 84.2 cm³/mol. The number of carbonyl (C=O) groups is 2. The topological polar surface area (TPSA) is 64.6 Å². The van der Waals surface area contributed by atoms with Gasteiger partial charge in [-0.3, -0.25) is 4.79 Å². The fourth-order valence-electron chi connectivity index (χ4n) is 2.20. The van der Waals surface area contributed by atoms with Gasteiger partial charge in [0, 0.05) is 11.1 Å². The monoisotopic (exact) mass is 309 g/mol. The predicted octanol–water partition coefficient (Wildman–Crippen LogP) is 2.99. The first kappa shape index (κ1) is 14.8. The molecule has 0 saturated heterocycles. The van der Waals surface area contributed by atoms with Crippen molar-refractivity contribution in [2.45, 2.75) is 13.2 Å². The van der Waals surface area contributed by atoms with Crippen molar-refractivity contribution in [2.24, 2.45) is 0 Å². The van der Waals surface area contributed by atoms with Crippen LogP contribution >= 0.6 is 0 Å². The van der Waals surface area contributed by atoms with Crippen LogP contribution in [0, 0.1) is 0 Å². The van der Waals surface area contributed by atoms with Gasteiger partial charge in [0.2, 0.25) is 0 Å². The molecule has 2 aromatic rings. The van der Waals surface area contributed by atoms with Crippen LogP contribution in [0.15, 0.2) is 60.7 Å². The highest BCUT2D eigenvalue weighted by Gasteiger charge is 2.26. The van der Waals surface area contributed by atoms with E-state index in [1.54, 1.807) is 55.5 Å². The zero-order valence-electron chi connectivity index (χ0n) is 12.5. The van der Waals surface area contributed by atoms with Gasteiger partial charge in [0.1, 0.15) is 11.5 Å². The van der Waals surface area contributed by atoms with E-state index in [0.29, 0.717) is 28.2 Å². The van der Waals surface area contributed by atoms with Gasteiger partial charge < -0.3 is 14.8 Å². The number of hydrogen-bond acceptors (Lipinski definition) is 4. The van der Waals surface area contributed by atoms with Gasteiger partial charge in [-0.05, 0) is 31.2 Å². The number of nitrogens with one attached hydrogen (secondary N) is 1. The number of benzene rings is 2. The number of ether oxygens (including phenoxy) is 2. The second-order valence-corrected chi connectivity index (χ2v) is 5.21. The van der Waals surface area contributed by atoms with Crippen molar-refractivity contribution < 1.29 is 19.1 Å². The standard InChI is InChI=1S/C18H15NO4/c1-11(2)18(21)22-13-7-5-6-12(10-13)17-19-16(20)14-8-3-4-9-15(14)23-17/h3-10,17H,1H2,2H3,(H,19,20)/t17-/m1/s1. The molecule has 1 heterocycles. The molecule has 5 heteroatoms. The summed E-state index contributed by atoms with van der Waals surface area (Å²) < 4.78 is 11.0. The Bertz CT molecular complexity index is 797. The minimum absolute atomic E-state index is 0.207. The van der Waals surface area contributed by atoms with Crippen LogP contribution in [0.1, 0.15) is 29.1 Å². The molecular weight excluding hydrogens is 294 g/mol. The molecular formula is C18H15NO4. The second kappa shape index (κ2) is 5.96. The van der Waals surface area contributed by atoms with Crippen LogP contribution in [0.4, 0.5) is 0 Å². The number of hydrogen-bond donors (Lipinski definition) is 1. The van der Waals surface area contributed by atoms with E-state index in [-0.39, 0.29) is 5.91 Å². The Kier molecular flexibility index (Phi) is 3.85. The quantitative estimate of drug-likeness (QED) is 0.538. The molecule has 2 aromatic carbocycles. The maximum absolute atomic E-state index is 12.1. The Labute approximate surface area is 133 Å². The third-order valence-corrected chi connectivity index (χ3v) is 3.36. The summed E-state index contributed by atoms with van der Waals surface area (Å²) in [5, 5.41) is 2.77. The van der Waals surface area contributed by atoms with Crippen LogP contribution < -0.4 is 14.8 Å². The zero-order valence-corrected chi connectivity index (χ0v) is 12.5. The lowest BCUT2D eigenvalue weighted by Crippen LogP contribution is -2.36. The maximum Gasteiger partial charge on any atom is 0.338 e. The molecule has 0 radical (unpaired) electrons. The fourth-order valence-corrected chi connectivity index (χ4v) is 2.20. The van der Waals surface area contributed by atoms with Crippen LogP contribution in [0.5, 0.6) is 11.5 Å². The Morgan fingerprint density at radius 2 is 2.00 bits per heavy atom. The summed E-state index contributed by atoms with van der Waals surface area (Å²) in [6, 6.07) is 13.9. The lowest BCUT2D eigenvalue weighted by molar-refractivity contribution is -0.130. The SMILES string of the molecule is C=C(C)C(=O)Oc1cccc([C@@H]2NC(=O)c3ccccc3O2)c1. The molecule has 1 atom stereocenters. The van der Waals surface area contributed by atoms with E-state index in [0.717, 1.165) is 0 Å². The van der Waals surface area contributed by atoms with Crippen molar-refractivity contribution in [3.05, 3.63) is 71.8 Å². The molecule has 0 aliphatic carbocycles. The molecule has 0 aromatic heterocycles. The van der Waals surface area contributed by atoms with Crippen molar-refractivity contribution in [3.63, 3.8) is 0 Å². The molecule has 0 unspecified atom stereocenters. The van der Waals surface area contributed by atoms with Gasteiger partial charge in [0.05, 0.1) is 5.56 Å². The molecule has 0 spiro atoms. The van der Waals surface area contributed by atoms with E-state index in [1.165, 1.54) is 0 Å². The highest BCUT2D eigenvalue weighted by atomic mass is 16.5. The second-order valence-electron chi connectivity index (χ2n) is 5.21. The fraction of sp³-hybridized carbons (Fsp3) is 0.111. The van der Waals surface area contributed by atoms with Crippen molar-refractivity contribution >= 4 is 11.9 Å². The van der Waals surface area contributed by atoms with E-state index in [2.05, 4.69) is 11.9 Å². The highest BCUT2D eigenvalue weighted by molar-refractivity contribution is 5.98. The Morgan fingerprint density at radius 1 is 1.22 bits per heavy atom. The van der Waals surface area contributed by atoms with Crippen molar-refractivity contribution in [1.29, 1.82) is 0 Å². The summed E-state index contributed by atoms with van der Waals surface area (Å²) in [6.07, 6.45) is -0.638. The van der Waals surface area contributed by atoms with Crippen LogP contribution in [0.2, 0.25) is 0 Å². The first-order chi connectivity index (χ1) is 11.0. The largest absolute Gasteiger partial charge is 0.466 e. The number of amides is 1. The lowest BCUT2D eigenvalue weighted by Gasteiger charge is -2.27. The summed E-state index contributed by atoms with van der Waals surface area (Å²) in [5.74, 6) is 0.181. The van der Waals surface area contributed by atoms with Crippen LogP contribution in [-0.2, 0) is 4.79 Å². The number of rotatable bonds is 3. The van der Waals surface area contributed by atoms with Gasteiger partial charge in [-0.1, -0.05) is 30.8 Å². The van der Waals surface area contributed by atoms with Gasteiger partial charge in [0.15, 0.2) is 6.23 Å². The smallest absolute Gasteiger partial charge is 0.338 e. The van der Waals surface area contributed by atoms with Gasteiger partial charge >= 0.3 is 5.97 Å².